The minimum atomic E-state index is -1.14. The molecule has 4 aromatic rings. The lowest BCUT2D eigenvalue weighted by Gasteiger charge is -2.13. The van der Waals surface area contributed by atoms with Crippen molar-refractivity contribution in [1.82, 2.24) is 9.55 Å². The van der Waals surface area contributed by atoms with Crippen LogP contribution in [0, 0.1) is 6.92 Å². The largest absolute Gasteiger partial charge is 0.462 e. The Morgan fingerprint density at radius 3 is 2.60 bits per heavy atom. The Morgan fingerprint density at radius 2 is 1.90 bits per heavy atom. The maximum absolute atomic E-state index is 12.7. The molecular formula is C23H20N2O4S. The lowest BCUT2D eigenvalue weighted by molar-refractivity contribution is 0.0527. The summed E-state index contributed by atoms with van der Waals surface area (Å²) in [7, 11) is 0. The maximum Gasteiger partial charge on any atom is 0.348 e. The van der Waals surface area contributed by atoms with E-state index in [9.17, 15) is 14.7 Å². The molecule has 6 nitrogen and oxygen atoms in total. The van der Waals surface area contributed by atoms with Gasteiger partial charge in [0, 0.05) is 22.7 Å². The van der Waals surface area contributed by atoms with Crippen molar-refractivity contribution in [2.45, 2.75) is 20.0 Å². The predicted octanol–water partition coefficient (Wildman–Crippen LogP) is 4.01. The third-order valence-corrected chi connectivity index (χ3v) is 5.91. The molecule has 0 fully saturated rings. The molecule has 1 N–H and O–H groups in total. The number of carbonyl (C=O) groups excluding carboxylic acids is 1. The van der Waals surface area contributed by atoms with Gasteiger partial charge in [0.05, 0.1) is 18.0 Å². The number of aromatic nitrogens is 2. The Balaban J connectivity index is 2.02. The molecule has 0 spiro atoms. The van der Waals surface area contributed by atoms with E-state index in [1.807, 2.05) is 43.3 Å². The lowest BCUT2D eigenvalue weighted by atomic mass is 10.0. The summed E-state index contributed by atoms with van der Waals surface area (Å²) in [4.78, 5) is 30.7. The average Bonchev–Trinajstić information content (AvgIpc) is 3.13. The summed E-state index contributed by atoms with van der Waals surface area (Å²) in [6.45, 7) is 3.77. The molecule has 152 valence electrons. The minimum Gasteiger partial charge on any atom is -0.462 e. The number of hydrogen-bond donors (Lipinski definition) is 1. The van der Waals surface area contributed by atoms with Crippen molar-refractivity contribution in [3.63, 3.8) is 0 Å². The molecule has 3 aromatic heterocycles. The van der Waals surface area contributed by atoms with Gasteiger partial charge in [-0.05, 0) is 44.2 Å². The van der Waals surface area contributed by atoms with Crippen LogP contribution in [0.2, 0.25) is 0 Å². The number of pyridine rings is 2. The van der Waals surface area contributed by atoms with Crippen LogP contribution in [-0.2, 0) is 4.74 Å². The Labute approximate surface area is 177 Å². The number of rotatable bonds is 5. The molecule has 0 saturated heterocycles. The Morgan fingerprint density at radius 1 is 1.13 bits per heavy atom. The second-order valence-electron chi connectivity index (χ2n) is 6.73. The number of aliphatic hydroxyl groups excluding tert-OH is 1. The van der Waals surface area contributed by atoms with Gasteiger partial charge in [0.1, 0.15) is 15.8 Å². The van der Waals surface area contributed by atoms with Crippen molar-refractivity contribution in [2.24, 2.45) is 0 Å². The van der Waals surface area contributed by atoms with Crippen LogP contribution in [0.5, 0.6) is 0 Å². The van der Waals surface area contributed by atoms with Crippen molar-refractivity contribution in [1.29, 1.82) is 0 Å². The zero-order valence-electron chi connectivity index (χ0n) is 16.5. The summed E-state index contributed by atoms with van der Waals surface area (Å²) in [5.41, 5.74) is 2.04. The van der Waals surface area contributed by atoms with Crippen molar-refractivity contribution in [2.75, 3.05) is 6.61 Å². The molecule has 1 atom stereocenters. The van der Waals surface area contributed by atoms with E-state index < -0.39 is 12.1 Å². The van der Waals surface area contributed by atoms with Crippen LogP contribution in [-0.4, -0.2) is 27.2 Å². The van der Waals surface area contributed by atoms with Gasteiger partial charge in [-0.15, -0.1) is 11.3 Å². The quantitative estimate of drug-likeness (QED) is 0.493. The zero-order valence-corrected chi connectivity index (χ0v) is 17.3. The fourth-order valence-corrected chi connectivity index (χ4v) is 4.65. The van der Waals surface area contributed by atoms with Crippen LogP contribution in [0.4, 0.5) is 0 Å². The van der Waals surface area contributed by atoms with Crippen LogP contribution in [0.15, 0.2) is 65.5 Å². The van der Waals surface area contributed by atoms with Crippen molar-refractivity contribution < 1.29 is 14.6 Å². The molecular weight excluding hydrogens is 400 g/mol. The summed E-state index contributed by atoms with van der Waals surface area (Å²) in [6, 6.07) is 17.6. The van der Waals surface area contributed by atoms with Crippen molar-refractivity contribution in [3.8, 4) is 5.69 Å². The maximum atomic E-state index is 12.7. The number of benzene rings is 1. The predicted molar refractivity (Wildman–Crippen MR) is 116 cm³/mol. The summed E-state index contributed by atoms with van der Waals surface area (Å²) < 4.78 is 6.78. The number of aliphatic hydroxyl groups is 1. The van der Waals surface area contributed by atoms with E-state index in [1.165, 1.54) is 6.07 Å². The number of thiophene rings is 1. The van der Waals surface area contributed by atoms with Gasteiger partial charge in [-0.1, -0.05) is 24.3 Å². The molecule has 0 aliphatic carbocycles. The van der Waals surface area contributed by atoms with Gasteiger partial charge >= 0.3 is 5.97 Å². The Hall–Kier alpha value is -3.29. The molecule has 0 radical (unpaired) electrons. The van der Waals surface area contributed by atoms with Gasteiger partial charge < -0.3 is 9.84 Å². The summed E-state index contributed by atoms with van der Waals surface area (Å²) in [5, 5.41) is 11.8. The topological polar surface area (TPSA) is 81.4 Å². The Bertz CT molecular complexity index is 1280. The number of carbonyl (C=O) groups is 1. The summed E-state index contributed by atoms with van der Waals surface area (Å²) >= 11 is 1.14. The average molecular weight is 420 g/mol. The van der Waals surface area contributed by atoms with Crippen LogP contribution in [0.3, 0.4) is 0 Å². The van der Waals surface area contributed by atoms with Gasteiger partial charge in [-0.3, -0.25) is 14.3 Å². The fraction of sp³-hybridized carbons (Fsp3) is 0.174. The first kappa shape index (κ1) is 20.0. The van der Waals surface area contributed by atoms with Gasteiger partial charge in [0.15, 0.2) is 0 Å². The first-order valence-corrected chi connectivity index (χ1v) is 10.4. The van der Waals surface area contributed by atoms with E-state index in [0.29, 0.717) is 27.2 Å². The second-order valence-corrected chi connectivity index (χ2v) is 7.73. The third kappa shape index (κ3) is 3.53. The normalized spacial score (nSPS) is 12.1. The molecule has 0 aliphatic heterocycles. The first-order valence-electron chi connectivity index (χ1n) is 9.54. The van der Waals surface area contributed by atoms with Gasteiger partial charge in [0.2, 0.25) is 0 Å². The minimum absolute atomic E-state index is 0.205. The number of esters is 1. The standard InChI is InChI=1S/C23H20N2O4S/c1-3-29-23(28)21-19(20(27)17-11-7-8-14(2)24-17)16-12-13-18(26)25(22(16)30-21)15-9-5-4-6-10-15/h4-13,20,27H,3H2,1-2H3. The summed E-state index contributed by atoms with van der Waals surface area (Å²) in [6.07, 6.45) is -1.14. The molecule has 7 heteroatoms. The highest BCUT2D eigenvalue weighted by Gasteiger charge is 2.28. The van der Waals surface area contributed by atoms with Crippen molar-refractivity contribution >= 4 is 27.5 Å². The first-order chi connectivity index (χ1) is 14.5. The molecule has 0 amide bonds. The molecule has 1 unspecified atom stereocenters. The number of fused-ring (bicyclic) bond motifs is 1. The van der Waals surface area contributed by atoms with Gasteiger partial charge in [-0.25, -0.2) is 4.79 Å². The highest BCUT2D eigenvalue weighted by atomic mass is 32.1. The van der Waals surface area contributed by atoms with Gasteiger partial charge in [0.25, 0.3) is 5.56 Å². The Kier molecular flexibility index (Phi) is 5.48. The molecule has 4 rings (SSSR count). The number of nitrogens with zero attached hydrogens (tertiary/aromatic N) is 2. The number of para-hydroxylation sites is 1. The summed E-state index contributed by atoms with van der Waals surface area (Å²) in [5.74, 6) is -0.535. The van der Waals surface area contributed by atoms with E-state index in [4.69, 9.17) is 4.74 Å². The van der Waals surface area contributed by atoms with E-state index in [2.05, 4.69) is 4.98 Å². The number of aryl methyl sites for hydroxylation is 1. The number of hydrogen-bond acceptors (Lipinski definition) is 6. The fourth-order valence-electron chi connectivity index (χ4n) is 3.41. The van der Waals surface area contributed by atoms with Crippen LogP contribution >= 0.6 is 11.3 Å². The van der Waals surface area contributed by atoms with Crippen LogP contribution in [0.1, 0.15) is 39.7 Å². The smallest absolute Gasteiger partial charge is 0.348 e. The third-order valence-electron chi connectivity index (χ3n) is 4.72. The van der Waals surface area contributed by atoms with Crippen molar-refractivity contribution in [3.05, 3.63) is 92.8 Å². The van der Waals surface area contributed by atoms with E-state index >= 15 is 0 Å². The molecule has 1 aromatic carbocycles. The molecule has 0 saturated carbocycles. The van der Waals surface area contributed by atoms with Crippen LogP contribution in [0.25, 0.3) is 15.9 Å². The highest BCUT2D eigenvalue weighted by molar-refractivity contribution is 7.20. The van der Waals surface area contributed by atoms with Crippen LogP contribution < -0.4 is 5.56 Å². The lowest BCUT2D eigenvalue weighted by Crippen LogP contribution is -2.16. The van der Waals surface area contributed by atoms with E-state index in [1.54, 1.807) is 29.7 Å². The molecule has 3 heterocycles. The number of ether oxygens (including phenoxy) is 1. The molecule has 0 aliphatic rings. The zero-order chi connectivity index (χ0) is 21.3. The van der Waals surface area contributed by atoms with Gasteiger partial charge in [-0.2, -0.15) is 0 Å². The second kappa shape index (κ2) is 8.22. The monoisotopic (exact) mass is 420 g/mol. The molecule has 0 bridgehead atoms. The van der Waals surface area contributed by atoms with E-state index in [-0.39, 0.29) is 17.0 Å². The van der Waals surface area contributed by atoms with E-state index in [0.717, 1.165) is 17.0 Å². The molecule has 30 heavy (non-hydrogen) atoms. The SMILES string of the molecule is CCOC(=O)c1sc2c(ccc(=O)n2-c2ccccc2)c1C(O)c1cccc(C)n1. The highest BCUT2D eigenvalue weighted by Crippen LogP contribution is 2.38.